The van der Waals surface area contributed by atoms with Crippen molar-refractivity contribution in [1.82, 2.24) is 0 Å². The number of hydrogen-bond donors (Lipinski definition) is 2. The number of fused-ring (bicyclic) bond motifs is 2. The Morgan fingerprint density at radius 2 is 1.86 bits per heavy atom. The Balaban J connectivity index is 1.20. The van der Waals surface area contributed by atoms with Crippen LogP contribution in [-0.4, -0.2) is 50.8 Å². The van der Waals surface area contributed by atoms with Crippen molar-refractivity contribution in [2.75, 3.05) is 32.7 Å². The van der Waals surface area contributed by atoms with Crippen LogP contribution in [0.5, 0.6) is 0 Å². The van der Waals surface area contributed by atoms with Gasteiger partial charge in [0, 0.05) is 18.8 Å². The summed E-state index contributed by atoms with van der Waals surface area (Å²) >= 11 is 0. The molecule has 4 heteroatoms. The predicted octanol–water partition coefficient (Wildman–Crippen LogP) is 1.42. The number of carbonyl (C=O) groups is 1. The van der Waals surface area contributed by atoms with E-state index >= 15 is 0 Å². The predicted molar refractivity (Wildman–Crippen MR) is 114 cm³/mol. The van der Waals surface area contributed by atoms with E-state index in [9.17, 15) is 4.79 Å². The minimum absolute atomic E-state index is 0.115. The minimum Gasteiger partial charge on any atom is -0.462 e. The molecule has 2 N–H and O–H groups in total. The molecule has 5 aliphatic rings. The normalized spacial score (nSPS) is 46.1. The van der Waals surface area contributed by atoms with Crippen LogP contribution in [0.4, 0.5) is 0 Å². The fourth-order valence-electron chi connectivity index (χ4n) is 7.85. The zero-order chi connectivity index (χ0) is 20.0. The molecule has 5 fully saturated rings. The van der Waals surface area contributed by atoms with Gasteiger partial charge < -0.3 is 14.5 Å². The Bertz CT molecular complexity index is 635. The number of hydrogen-bond acceptors (Lipinski definition) is 2. The van der Waals surface area contributed by atoms with E-state index < -0.39 is 0 Å². The highest BCUT2D eigenvalue weighted by Crippen LogP contribution is 2.56. The molecule has 0 spiro atoms. The van der Waals surface area contributed by atoms with Crippen LogP contribution in [0.2, 0.25) is 0 Å². The lowest BCUT2D eigenvalue weighted by molar-refractivity contribution is -0.961. The summed E-state index contributed by atoms with van der Waals surface area (Å²) < 4.78 is 6.00. The number of allylic oxidation sites excluding steroid dienone is 1. The van der Waals surface area contributed by atoms with Gasteiger partial charge in [-0.15, -0.1) is 0 Å². The van der Waals surface area contributed by atoms with Gasteiger partial charge in [0.2, 0.25) is 0 Å². The molecule has 162 valence electrons. The molecule has 5 rings (SSSR count). The summed E-state index contributed by atoms with van der Waals surface area (Å²) in [6.45, 7) is 13.2. The fourth-order valence-corrected chi connectivity index (χ4v) is 7.85. The number of rotatable bonds is 3. The summed E-state index contributed by atoms with van der Waals surface area (Å²) in [5, 5.41) is 0. The summed E-state index contributed by atoms with van der Waals surface area (Å²) in [5.41, 5.74) is 1.77. The third kappa shape index (κ3) is 3.80. The van der Waals surface area contributed by atoms with E-state index in [1.54, 1.807) is 4.90 Å². The highest BCUT2D eigenvalue weighted by atomic mass is 16.6. The van der Waals surface area contributed by atoms with Gasteiger partial charge >= 0.3 is 5.97 Å². The highest BCUT2D eigenvalue weighted by Gasteiger charge is 2.56. The lowest BCUT2D eigenvalue weighted by Crippen LogP contribution is -3.21. The second kappa shape index (κ2) is 8.00. The monoisotopic (exact) mass is 402 g/mol. The van der Waals surface area contributed by atoms with Crippen LogP contribution in [0.3, 0.4) is 0 Å². The molecule has 2 aliphatic carbocycles. The van der Waals surface area contributed by atoms with E-state index in [4.69, 9.17) is 4.74 Å². The van der Waals surface area contributed by atoms with E-state index in [2.05, 4.69) is 13.5 Å². The molecule has 3 heterocycles. The Morgan fingerprint density at radius 1 is 1.10 bits per heavy atom. The van der Waals surface area contributed by atoms with Crippen LogP contribution in [-0.2, 0) is 9.53 Å². The zero-order valence-corrected chi connectivity index (χ0v) is 18.5. The third-order valence-electron chi connectivity index (χ3n) is 9.59. The first-order valence-corrected chi connectivity index (χ1v) is 12.6. The van der Waals surface area contributed by atoms with Gasteiger partial charge in [-0.25, -0.2) is 0 Å². The SMILES string of the molecule is C=C1CCC[C@]2(C)C[C@H]3OC(=O)[C@H](C[NH+]4CCC([NH+]5CCCCC5)CC4)[C@H]3C[C@H]12. The van der Waals surface area contributed by atoms with Crippen molar-refractivity contribution in [3.05, 3.63) is 12.2 Å². The van der Waals surface area contributed by atoms with Gasteiger partial charge in [0.25, 0.3) is 0 Å². The van der Waals surface area contributed by atoms with Crippen LogP contribution >= 0.6 is 0 Å². The molecule has 5 atom stereocenters. The third-order valence-corrected chi connectivity index (χ3v) is 9.59. The van der Waals surface area contributed by atoms with Crippen molar-refractivity contribution in [1.29, 1.82) is 0 Å². The summed E-state index contributed by atoms with van der Waals surface area (Å²) in [6, 6.07) is 0.878. The van der Waals surface area contributed by atoms with Gasteiger partial charge in [-0.2, -0.15) is 0 Å². The van der Waals surface area contributed by atoms with E-state index in [0.29, 0.717) is 17.3 Å². The second-order valence-electron chi connectivity index (χ2n) is 11.4. The fraction of sp³-hybridized carbons (Fsp3) is 0.880. The molecule has 0 radical (unpaired) electrons. The number of quaternary nitrogens is 2. The number of ether oxygens (including phenoxy) is 1. The van der Waals surface area contributed by atoms with E-state index in [0.717, 1.165) is 25.4 Å². The lowest BCUT2D eigenvalue weighted by atomic mass is 9.55. The smallest absolute Gasteiger partial charge is 0.315 e. The molecule has 4 nitrogen and oxygen atoms in total. The van der Waals surface area contributed by atoms with Gasteiger partial charge in [-0.3, -0.25) is 4.79 Å². The van der Waals surface area contributed by atoms with Gasteiger partial charge in [0.1, 0.15) is 12.0 Å². The molecular weight excluding hydrogens is 360 g/mol. The van der Waals surface area contributed by atoms with Gasteiger partial charge in [-0.05, 0) is 62.7 Å². The molecule has 0 aromatic heterocycles. The van der Waals surface area contributed by atoms with Crippen LogP contribution in [0.1, 0.15) is 71.1 Å². The standard InChI is InChI=1S/C25H40N2O2/c1-18-7-6-10-25(2)16-23-20(15-22(18)25)21(24(28)29-23)17-26-13-8-19(9-14-26)27-11-4-3-5-12-27/h19-23H,1,3-17H2,2H3/p+2/t20-,21-,22-,23-,25-/m1/s1. The topological polar surface area (TPSA) is 35.2 Å². The molecular formula is C25H42N2O2+2. The van der Waals surface area contributed by atoms with Crippen molar-refractivity contribution >= 4 is 5.97 Å². The van der Waals surface area contributed by atoms with Gasteiger partial charge in [0.15, 0.2) is 0 Å². The van der Waals surface area contributed by atoms with Gasteiger partial charge in [-0.1, -0.05) is 19.1 Å². The van der Waals surface area contributed by atoms with Crippen LogP contribution < -0.4 is 9.80 Å². The maximum atomic E-state index is 12.9. The zero-order valence-electron chi connectivity index (χ0n) is 18.5. The quantitative estimate of drug-likeness (QED) is 0.553. The maximum Gasteiger partial charge on any atom is 0.315 e. The van der Waals surface area contributed by atoms with Crippen molar-refractivity contribution < 1.29 is 19.3 Å². The highest BCUT2D eigenvalue weighted by molar-refractivity contribution is 5.75. The van der Waals surface area contributed by atoms with Crippen molar-refractivity contribution in [3.63, 3.8) is 0 Å². The Labute approximate surface area is 177 Å². The first kappa shape index (κ1) is 20.1. The maximum absolute atomic E-state index is 12.9. The van der Waals surface area contributed by atoms with Crippen LogP contribution in [0.15, 0.2) is 12.2 Å². The molecule has 0 bridgehead atoms. The van der Waals surface area contributed by atoms with E-state index in [1.807, 2.05) is 4.90 Å². The number of likely N-dealkylation sites (tertiary alicyclic amines) is 2. The first-order chi connectivity index (χ1) is 14.0. The first-order valence-electron chi connectivity index (χ1n) is 12.6. The van der Waals surface area contributed by atoms with E-state index in [-0.39, 0.29) is 18.0 Å². The van der Waals surface area contributed by atoms with Crippen LogP contribution in [0, 0.1) is 23.2 Å². The van der Waals surface area contributed by atoms with Crippen LogP contribution in [0.25, 0.3) is 0 Å². The molecule has 0 amide bonds. The summed E-state index contributed by atoms with van der Waals surface area (Å²) in [4.78, 5) is 16.4. The Hall–Kier alpha value is -0.870. The second-order valence-corrected chi connectivity index (χ2v) is 11.4. The minimum atomic E-state index is 0.115. The van der Waals surface area contributed by atoms with Crippen molar-refractivity contribution in [2.45, 2.75) is 83.3 Å². The number of nitrogens with one attached hydrogen (secondary N) is 2. The largest absolute Gasteiger partial charge is 0.462 e. The number of piperidine rings is 2. The molecule has 2 saturated carbocycles. The van der Waals surface area contributed by atoms with Crippen molar-refractivity contribution in [3.8, 4) is 0 Å². The number of carbonyl (C=O) groups excluding carboxylic acids is 1. The molecule has 3 saturated heterocycles. The summed E-state index contributed by atoms with van der Waals surface area (Å²) in [6.07, 6.45) is 13.1. The van der Waals surface area contributed by atoms with E-state index in [1.165, 1.54) is 83.1 Å². The Kier molecular flexibility index (Phi) is 5.53. The lowest BCUT2D eigenvalue weighted by Gasteiger charge is -2.50. The van der Waals surface area contributed by atoms with Gasteiger partial charge in [0.05, 0.1) is 38.8 Å². The molecule has 0 unspecified atom stereocenters. The molecule has 0 aromatic rings. The summed E-state index contributed by atoms with van der Waals surface area (Å²) in [5.74, 6) is 1.30. The molecule has 0 aromatic carbocycles. The Morgan fingerprint density at radius 3 is 2.62 bits per heavy atom. The number of esters is 1. The molecule has 3 aliphatic heterocycles. The average Bonchev–Trinajstić information content (AvgIpc) is 3.01. The average molecular weight is 403 g/mol. The molecule has 29 heavy (non-hydrogen) atoms. The van der Waals surface area contributed by atoms with Crippen molar-refractivity contribution in [2.24, 2.45) is 23.2 Å². The summed E-state index contributed by atoms with van der Waals surface area (Å²) in [7, 11) is 0.